The van der Waals surface area contributed by atoms with Crippen molar-refractivity contribution in [3.8, 4) is 0 Å². The van der Waals surface area contributed by atoms with Crippen LogP contribution in [-0.2, 0) is 14.8 Å². The second-order valence-electron chi connectivity index (χ2n) is 4.74. The molecule has 0 amide bonds. The average molecular weight is 235 g/mol. The highest BCUT2D eigenvalue weighted by atomic mass is 32.2. The molecule has 0 aliphatic heterocycles. The SMILES string of the molecule is CC(C)(C(=O)O)C1(NS(C)(=O)=O)CCC1. The van der Waals surface area contributed by atoms with Crippen molar-refractivity contribution in [1.82, 2.24) is 4.72 Å². The highest BCUT2D eigenvalue weighted by Crippen LogP contribution is 2.46. The van der Waals surface area contributed by atoms with Gasteiger partial charge in [0.2, 0.25) is 10.0 Å². The normalized spacial score (nSPS) is 20.7. The molecule has 1 saturated carbocycles. The molecular formula is C9H17NO4S. The number of aliphatic carboxylic acids is 1. The van der Waals surface area contributed by atoms with Crippen LogP contribution in [0.15, 0.2) is 0 Å². The fourth-order valence-corrected chi connectivity index (χ4v) is 3.11. The van der Waals surface area contributed by atoms with Crippen molar-refractivity contribution in [2.24, 2.45) is 5.41 Å². The Morgan fingerprint density at radius 3 is 2.07 bits per heavy atom. The molecule has 1 rings (SSSR count). The number of carboxylic acids is 1. The lowest BCUT2D eigenvalue weighted by Crippen LogP contribution is -2.64. The zero-order valence-corrected chi connectivity index (χ0v) is 10.0. The second-order valence-corrected chi connectivity index (χ2v) is 6.49. The van der Waals surface area contributed by atoms with Crippen LogP contribution in [0, 0.1) is 5.41 Å². The standard InChI is InChI=1S/C9H17NO4S/c1-8(2,7(11)12)9(5-4-6-9)10-15(3,13)14/h10H,4-6H2,1-3H3,(H,11,12). The van der Waals surface area contributed by atoms with Gasteiger partial charge in [0.05, 0.1) is 11.7 Å². The van der Waals surface area contributed by atoms with E-state index in [-0.39, 0.29) is 0 Å². The van der Waals surface area contributed by atoms with E-state index in [1.165, 1.54) is 0 Å². The van der Waals surface area contributed by atoms with Crippen molar-refractivity contribution in [3.63, 3.8) is 0 Å². The van der Waals surface area contributed by atoms with E-state index in [1.54, 1.807) is 13.8 Å². The van der Waals surface area contributed by atoms with Crippen molar-refractivity contribution in [1.29, 1.82) is 0 Å². The van der Waals surface area contributed by atoms with E-state index in [1.807, 2.05) is 0 Å². The summed E-state index contributed by atoms with van der Waals surface area (Å²) < 4.78 is 24.9. The highest BCUT2D eigenvalue weighted by molar-refractivity contribution is 7.88. The third kappa shape index (κ3) is 2.15. The third-order valence-electron chi connectivity index (χ3n) is 3.32. The summed E-state index contributed by atoms with van der Waals surface area (Å²) in [5.74, 6) is -0.974. The van der Waals surface area contributed by atoms with Crippen molar-refractivity contribution in [3.05, 3.63) is 0 Å². The summed E-state index contributed by atoms with van der Waals surface area (Å²) in [6, 6.07) is 0. The Balaban J connectivity index is 3.01. The van der Waals surface area contributed by atoms with Gasteiger partial charge in [0.25, 0.3) is 0 Å². The summed E-state index contributed by atoms with van der Waals surface area (Å²) in [6.07, 6.45) is 3.09. The Labute approximate surface area is 89.9 Å². The van der Waals surface area contributed by atoms with Crippen LogP contribution in [0.3, 0.4) is 0 Å². The van der Waals surface area contributed by atoms with Gasteiger partial charge >= 0.3 is 5.97 Å². The smallest absolute Gasteiger partial charge is 0.310 e. The molecule has 0 atom stereocenters. The van der Waals surface area contributed by atoms with Crippen LogP contribution in [0.25, 0.3) is 0 Å². The van der Waals surface area contributed by atoms with Gasteiger partial charge < -0.3 is 5.11 Å². The predicted octanol–water partition coefficient (Wildman–Crippen LogP) is 0.569. The van der Waals surface area contributed by atoms with Crippen LogP contribution in [0.2, 0.25) is 0 Å². The fourth-order valence-electron chi connectivity index (χ4n) is 1.94. The third-order valence-corrected chi connectivity index (χ3v) is 4.08. The topological polar surface area (TPSA) is 83.5 Å². The summed E-state index contributed by atoms with van der Waals surface area (Å²) in [7, 11) is -3.37. The molecule has 5 nitrogen and oxygen atoms in total. The Kier molecular flexibility index (Phi) is 2.86. The molecule has 0 aromatic carbocycles. The van der Waals surface area contributed by atoms with E-state index in [4.69, 9.17) is 5.11 Å². The lowest BCUT2D eigenvalue weighted by atomic mass is 9.61. The minimum Gasteiger partial charge on any atom is -0.481 e. The molecule has 6 heteroatoms. The van der Waals surface area contributed by atoms with E-state index in [0.717, 1.165) is 12.7 Å². The molecule has 0 aromatic heterocycles. The van der Waals surface area contributed by atoms with Gasteiger partial charge in [0.1, 0.15) is 0 Å². The maximum absolute atomic E-state index is 11.2. The summed E-state index contributed by atoms with van der Waals surface area (Å²) in [5.41, 5.74) is -1.89. The lowest BCUT2D eigenvalue weighted by molar-refractivity contribution is -0.154. The Morgan fingerprint density at radius 2 is 1.87 bits per heavy atom. The van der Waals surface area contributed by atoms with E-state index in [0.29, 0.717) is 12.8 Å². The van der Waals surface area contributed by atoms with Gasteiger partial charge in [-0.25, -0.2) is 13.1 Å². The molecule has 1 fully saturated rings. The summed E-state index contributed by atoms with van der Waals surface area (Å²) in [4.78, 5) is 11.1. The first-order chi connectivity index (χ1) is 6.61. The van der Waals surface area contributed by atoms with Gasteiger partial charge in [-0.3, -0.25) is 4.79 Å². The van der Waals surface area contributed by atoms with Crippen LogP contribution in [0.5, 0.6) is 0 Å². The van der Waals surface area contributed by atoms with Crippen LogP contribution in [0.4, 0.5) is 0 Å². The van der Waals surface area contributed by atoms with Crippen molar-refractivity contribution < 1.29 is 18.3 Å². The number of carbonyl (C=O) groups is 1. The summed E-state index contributed by atoms with van der Waals surface area (Å²) >= 11 is 0. The van der Waals surface area contributed by atoms with Gasteiger partial charge in [-0.05, 0) is 33.1 Å². The molecule has 88 valence electrons. The first-order valence-corrected chi connectivity index (χ1v) is 6.72. The fraction of sp³-hybridized carbons (Fsp3) is 0.889. The van der Waals surface area contributed by atoms with Crippen LogP contribution in [-0.4, -0.2) is 31.3 Å². The summed E-state index contributed by atoms with van der Waals surface area (Å²) in [6.45, 7) is 3.12. The van der Waals surface area contributed by atoms with Gasteiger partial charge in [-0.1, -0.05) is 0 Å². The molecule has 0 spiro atoms. The van der Waals surface area contributed by atoms with Crippen molar-refractivity contribution in [2.45, 2.75) is 38.6 Å². The number of sulfonamides is 1. The quantitative estimate of drug-likeness (QED) is 0.746. The number of rotatable bonds is 4. The summed E-state index contributed by atoms with van der Waals surface area (Å²) in [5, 5.41) is 9.10. The molecule has 0 heterocycles. The number of hydrogen-bond acceptors (Lipinski definition) is 3. The number of hydrogen-bond donors (Lipinski definition) is 2. The van der Waals surface area contributed by atoms with Gasteiger partial charge in [-0.2, -0.15) is 0 Å². The van der Waals surface area contributed by atoms with Crippen LogP contribution < -0.4 is 4.72 Å². The maximum atomic E-state index is 11.2. The first kappa shape index (κ1) is 12.4. The number of nitrogens with one attached hydrogen (secondary N) is 1. The lowest BCUT2D eigenvalue weighted by Gasteiger charge is -2.50. The maximum Gasteiger partial charge on any atom is 0.310 e. The first-order valence-electron chi connectivity index (χ1n) is 4.83. The van der Waals surface area contributed by atoms with Gasteiger partial charge in [0, 0.05) is 5.54 Å². The molecule has 0 unspecified atom stereocenters. The molecule has 2 N–H and O–H groups in total. The van der Waals surface area contributed by atoms with E-state index < -0.39 is 26.9 Å². The minimum atomic E-state index is -3.37. The van der Waals surface area contributed by atoms with Gasteiger partial charge in [-0.15, -0.1) is 0 Å². The second kappa shape index (κ2) is 3.45. The van der Waals surface area contributed by atoms with E-state index >= 15 is 0 Å². The zero-order chi connectivity index (χ0) is 11.9. The average Bonchev–Trinajstić information content (AvgIpc) is 1.94. The Morgan fingerprint density at radius 1 is 1.40 bits per heavy atom. The largest absolute Gasteiger partial charge is 0.481 e. The molecular weight excluding hydrogens is 218 g/mol. The van der Waals surface area contributed by atoms with Crippen molar-refractivity contribution >= 4 is 16.0 Å². The molecule has 1 aliphatic rings. The Bertz CT molecular complexity index is 368. The molecule has 0 aromatic rings. The molecule has 0 saturated heterocycles. The van der Waals surface area contributed by atoms with Gasteiger partial charge in [0.15, 0.2) is 0 Å². The van der Waals surface area contributed by atoms with Crippen molar-refractivity contribution in [2.75, 3.05) is 6.26 Å². The van der Waals surface area contributed by atoms with Crippen LogP contribution in [0.1, 0.15) is 33.1 Å². The molecule has 0 bridgehead atoms. The molecule has 15 heavy (non-hydrogen) atoms. The number of carboxylic acid groups (broad SMARTS) is 1. The molecule has 1 aliphatic carbocycles. The van der Waals surface area contributed by atoms with E-state index in [9.17, 15) is 13.2 Å². The predicted molar refractivity (Wildman–Crippen MR) is 56.0 cm³/mol. The van der Waals surface area contributed by atoms with E-state index in [2.05, 4.69) is 4.72 Å². The molecule has 0 radical (unpaired) electrons. The highest BCUT2D eigenvalue weighted by Gasteiger charge is 2.55. The van der Waals surface area contributed by atoms with Crippen LogP contribution >= 0.6 is 0 Å². The minimum absolute atomic E-state index is 0.583. The monoisotopic (exact) mass is 235 g/mol. The zero-order valence-electron chi connectivity index (χ0n) is 9.20. The Hall–Kier alpha value is -0.620.